The fraction of sp³-hybridized carbons (Fsp3) is 0.444. The summed E-state index contributed by atoms with van der Waals surface area (Å²) in [5, 5.41) is 3.94. The number of nitrogens with one attached hydrogen (secondary N) is 2. The van der Waals surface area contributed by atoms with Crippen molar-refractivity contribution in [1.29, 1.82) is 0 Å². The maximum absolute atomic E-state index is 13.4. The third-order valence-corrected chi connectivity index (χ3v) is 5.79. The Labute approximate surface area is 111 Å². The van der Waals surface area contributed by atoms with Gasteiger partial charge in [0, 0.05) is 6.54 Å². The van der Waals surface area contributed by atoms with E-state index < -0.39 is 24.1 Å². The van der Waals surface area contributed by atoms with Gasteiger partial charge in [0.1, 0.15) is 4.21 Å². The van der Waals surface area contributed by atoms with Crippen molar-refractivity contribution in [3.63, 3.8) is 0 Å². The zero-order valence-electron chi connectivity index (χ0n) is 9.72. The zero-order chi connectivity index (χ0) is 13.6. The van der Waals surface area contributed by atoms with Crippen molar-refractivity contribution in [1.82, 2.24) is 9.81 Å². The van der Waals surface area contributed by atoms with E-state index in [9.17, 15) is 17.4 Å². The molecule has 0 aliphatic rings. The fourth-order valence-corrected chi connectivity index (χ4v) is 4.06. The maximum atomic E-state index is 13.4. The second kappa shape index (κ2) is 7.13. The van der Waals surface area contributed by atoms with Gasteiger partial charge in [0.2, 0.25) is 8.38 Å². The first-order valence-electron chi connectivity index (χ1n) is 5.27. The lowest BCUT2D eigenvalue weighted by Gasteiger charge is -2.09. The molecule has 102 valence electrons. The molecule has 18 heavy (non-hydrogen) atoms. The summed E-state index contributed by atoms with van der Waals surface area (Å²) in [6.07, 6.45) is 1.60. The predicted octanol–water partition coefficient (Wildman–Crippen LogP) is 2.82. The average Bonchev–Trinajstić information content (AvgIpc) is 2.82. The molecule has 5 nitrogen and oxygen atoms in total. The molecule has 0 radical (unpaired) electrons. The molecule has 0 saturated carbocycles. The SMILES string of the molecule is CCCCNP(F)C(=O)NS(=O)(=O)c1cccs1. The van der Waals surface area contributed by atoms with Crippen molar-refractivity contribution in [2.24, 2.45) is 0 Å². The number of carbonyl (C=O) groups is 1. The molecule has 1 atom stereocenters. The molecule has 0 aliphatic heterocycles. The van der Waals surface area contributed by atoms with Crippen molar-refractivity contribution < 1.29 is 17.4 Å². The maximum Gasteiger partial charge on any atom is 0.303 e. The predicted molar refractivity (Wildman–Crippen MR) is 71.0 cm³/mol. The van der Waals surface area contributed by atoms with E-state index in [0.29, 0.717) is 6.54 Å². The smallest absolute Gasteiger partial charge is 0.264 e. The largest absolute Gasteiger partial charge is 0.303 e. The Bertz CT molecular complexity index is 478. The summed E-state index contributed by atoms with van der Waals surface area (Å²) in [5.74, 6) is 0. The molecule has 0 aromatic carbocycles. The van der Waals surface area contributed by atoms with Gasteiger partial charge in [0.15, 0.2) is 0 Å². The van der Waals surface area contributed by atoms with Crippen LogP contribution in [0, 0.1) is 0 Å². The lowest BCUT2D eigenvalue weighted by atomic mass is 10.3. The molecule has 1 rings (SSSR count). The Hall–Kier alpha value is -0.560. The summed E-state index contributed by atoms with van der Waals surface area (Å²) in [5.41, 5.74) is -1.13. The van der Waals surface area contributed by atoms with Gasteiger partial charge < -0.3 is 0 Å². The van der Waals surface area contributed by atoms with Gasteiger partial charge >= 0.3 is 5.65 Å². The normalized spacial score (nSPS) is 13.2. The number of thiophene rings is 1. The van der Waals surface area contributed by atoms with Gasteiger partial charge in [0.25, 0.3) is 10.0 Å². The van der Waals surface area contributed by atoms with Gasteiger partial charge in [-0.15, -0.1) is 11.3 Å². The fourth-order valence-electron chi connectivity index (χ4n) is 1.05. The number of rotatable bonds is 7. The molecule has 0 saturated heterocycles. The Balaban J connectivity index is 2.54. The molecular formula is C9H14FN2O3PS2. The van der Waals surface area contributed by atoms with E-state index in [1.54, 1.807) is 16.2 Å². The lowest BCUT2D eigenvalue weighted by molar-refractivity contribution is 0.263. The van der Waals surface area contributed by atoms with Crippen LogP contribution in [0.25, 0.3) is 0 Å². The van der Waals surface area contributed by atoms with E-state index in [4.69, 9.17) is 0 Å². The van der Waals surface area contributed by atoms with E-state index in [2.05, 4.69) is 5.09 Å². The highest BCUT2D eigenvalue weighted by molar-refractivity contribution is 7.93. The van der Waals surface area contributed by atoms with E-state index in [1.807, 2.05) is 6.92 Å². The summed E-state index contributed by atoms with van der Waals surface area (Å²) >= 11 is 0.967. The molecule has 0 spiro atoms. The number of unbranched alkanes of at least 4 members (excludes halogenated alkanes) is 1. The van der Waals surface area contributed by atoms with E-state index in [-0.39, 0.29) is 4.21 Å². The molecule has 0 fully saturated rings. The summed E-state index contributed by atoms with van der Waals surface area (Å²) in [7, 11) is -6.60. The van der Waals surface area contributed by atoms with E-state index in [0.717, 1.165) is 24.2 Å². The van der Waals surface area contributed by atoms with Crippen LogP contribution in [0.2, 0.25) is 0 Å². The van der Waals surface area contributed by atoms with Crippen LogP contribution in [0.3, 0.4) is 0 Å². The third-order valence-electron chi connectivity index (χ3n) is 1.94. The Kier molecular flexibility index (Phi) is 6.14. The quantitative estimate of drug-likeness (QED) is 0.599. The van der Waals surface area contributed by atoms with E-state index in [1.165, 1.54) is 6.07 Å². The Morgan fingerprint density at radius 2 is 2.28 bits per heavy atom. The molecule has 2 N–H and O–H groups in total. The summed E-state index contributed by atoms with van der Waals surface area (Å²) in [4.78, 5) is 11.4. The molecular weight excluding hydrogens is 298 g/mol. The molecule has 1 aromatic heterocycles. The highest BCUT2D eigenvalue weighted by Gasteiger charge is 2.25. The highest BCUT2D eigenvalue weighted by Crippen LogP contribution is 2.33. The standard InChI is InChI=1S/C9H14FN2O3PS2/c1-2-3-6-11-16(10)9(13)12-18(14,15)8-5-4-7-17-8/h4-5,7,11H,2-3,6H2,1H3,(H,12,13). The van der Waals surface area contributed by atoms with Crippen LogP contribution in [0.1, 0.15) is 19.8 Å². The van der Waals surface area contributed by atoms with Crippen molar-refractivity contribution in [3.8, 4) is 0 Å². The average molecular weight is 312 g/mol. The topological polar surface area (TPSA) is 75.3 Å². The van der Waals surface area contributed by atoms with Gasteiger partial charge in [-0.25, -0.2) is 13.1 Å². The third kappa shape index (κ3) is 4.61. The minimum Gasteiger partial charge on any atom is -0.264 e. The summed E-state index contributed by atoms with van der Waals surface area (Å²) in [6, 6.07) is 2.90. The van der Waals surface area contributed by atoms with Crippen LogP contribution >= 0.6 is 19.7 Å². The highest BCUT2D eigenvalue weighted by atomic mass is 32.2. The molecule has 0 bridgehead atoms. The number of halogens is 1. The van der Waals surface area contributed by atoms with Crippen molar-refractivity contribution >= 4 is 35.4 Å². The summed E-state index contributed by atoms with van der Waals surface area (Å²) < 4.78 is 38.4. The van der Waals surface area contributed by atoms with Gasteiger partial charge in [0.05, 0.1) is 0 Å². The molecule has 1 heterocycles. The van der Waals surface area contributed by atoms with Gasteiger partial charge in [-0.05, 0) is 17.9 Å². The van der Waals surface area contributed by atoms with Crippen LogP contribution < -0.4 is 9.81 Å². The number of amides is 1. The minimum absolute atomic E-state index is 0.00666. The minimum atomic E-state index is -3.94. The van der Waals surface area contributed by atoms with Crippen molar-refractivity contribution in [2.75, 3.05) is 6.54 Å². The molecule has 0 aliphatic carbocycles. The zero-order valence-corrected chi connectivity index (χ0v) is 12.2. The first-order chi connectivity index (χ1) is 8.47. The lowest BCUT2D eigenvalue weighted by Crippen LogP contribution is -2.29. The van der Waals surface area contributed by atoms with Crippen LogP contribution in [0.4, 0.5) is 8.99 Å². The Morgan fingerprint density at radius 1 is 1.56 bits per heavy atom. The van der Waals surface area contributed by atoms with Gasteiger partial charge in [-0.2, -0.15) is 4.20 Å². The molecule has 1 aromatic rings. The van der Waals surface area contributed by atoms with Crippen LogP contribution in [-0.2, 0) is 10.0 Å². The first kappa shape index (κ1) is 15.5. The van der Waals surface area contributed by atoms with Crippen LogP contribution in [-0.4, -0.2) is 20.6 Å². The van der Waals surface area contributed by atoms with Crippen molar-refractivity contribution in [3.05, 3.63) is 17.5 Å². The number of hydrogen-bond donors (Lipinski definition) is 2. The van der Waals surface area contributed by atoms with Crippen LogP contribution in [0.5, 0.6) is 0 Å². The molecule has 1 unspecified atom stereocenters. The second-order valence-corrected chi connectivity index (χ2v) is 7.53. The number of sulfonamides is 1. The number of hydrogen-bond acceptors (Lipinski definition) is 5. The second-order valence-electron chi connectivity index (χ2n) is 3.39. The van der Waals surface area contributed by atoms with Gasteiger partial charge in [-0.3, -0.25) is 9.88 Å². The monoisotopic (exact) mass is 312 g/mol. The molecule has 1 amide bonds. The van der Waals surface area contributed by atoms with Crippen molar-refractivity contribution in [2.45, 2.75) is 24.0 Å². The number of carbonyl (C=O) groups excluding carboxylic acids is 1. The Morgan fingerprint density at radius 3 is 2.83 bits per heavy atom. The summed E-state index contributed by atoms with van der Waals surface area (Å²) in [6.45, 7) is 2.29. The van der Waals surface area contributed by atoms with Gasteiger partial charge in [-0.1, -0.05) is 19.4 Å². The van der Waals surface area contributed by atoms with Crippen LogP contribution in [0.15, 0.2) is 21.7 Å². The first-order valence-corrected chi connectivity index (χ1v) is 8.86. The molecule has 9 heteroatoms. The van der Waals surface area contributed by atoms with E-state index >= 15 is 0 Å².